The minimum atomic E-state index is -3.14. The van der Waals surface area contributed by atoms with Gasteiger partial charge in [0.05, 0.1) is 11.0 Å². The lowest BCUT2D eigenvalue weighted by Gasteiger charge is -2.23. The van der Waals surface area contributed by atoms with Crippen LogP contribution in [-0.2, 0) is 4.57 Å². The molecule has 0 fully saturated rings. The molecular formula is C40H30NOP. The Morgan fingerprint density at radius 1 is 0.628 bits per heavy atom. The van der Waals surface area contributed by atoms with Crippen molar-refractivity contribution in [3.05, 3.63) is 151 Å². The van der Waals surface area contributed by atoms with Gasteiger partial charge in [0.2, 0.25) is 0 Å². The summed E-state index contributed by atoms with van der Waals surface area (Å²) in [6.07, 6.45) is 5.51. The summed E-state index contributed by atoms with van der Waals surface area (Å²) in [6.45, 7) is 2.30. The third-order valence-corrected chi connectivity index (χ3v) is 12.0. The zero-order chi connectivity index (χ0) is 29.0. The Labute approximate surface area is 251 Å². The Balaban J connectivity index is 1.47. The van der Waals surface area contributed by atoms with Gasteiger partial charge in [-0.3, -0.25) is 0 Å². The van der Waals surface area contributed by atoms with Gasteiger partial charge in [0.1, 0.15) is 0 Å². The summed E-state index contributed by atoms with van der Waals surface area (Å²) in [5, 5.41) is 7.07. The fourth-order valence-corrected chi connectivity index (χ4v) is 9.55. The molecule has 3 heteroatoms. The van der Waals surface area contributed by atoms with Crippen molar-refractivity contribution in [3.8, 4) is 11.1 Å². The fraction of sp³-hybridized carbons (Fsp3) is 0.0750. The smallest absolute Gasteiger partial charge is 0.171 e. The molecular weight excluding hydrogens is 541 g/mol. The predicted octanol–water partition coefficient (Wildman–Crippen LogP) is 9.37. The highest BCUT2D eigenvalue weighted by Crippen LogP contribution is 2.45. The van der Waals surface area contributed by atoms with Crippen LogP contribution in [0.15, 0.2) is 140 Å². The zero-order valence-corrected chi connectivity index (χ0v) is 24.8. The van der Waals surface area contributed by atoms with Gasteiger partial charge < -0.3 is 4.57 Å². The van der Waals surface area contributed by atoms with E-state index in [0.717, 1.165) is 60.7 Å². The highest BCUT2D eigenvalue weighted by molar-refractivity contribution is 7.85. The zero-order valence-electron chi connectivity index (χ0n) is 23.9. The molecule has 0 amide bonds. The average Bonchev–Trinajstić information content (AvgIpc) is 3.07. The maximum absolute atomic E-state index is 15.3. The van der Waals surface area contributed by atoms with E-state index in [-0.39, 0.29) is 0 Å². The first-order valence-corrected chi connectivity index (χ1v) is 16.6. The second kappa shape index (κ2) is 10.2. The highest BCUT2D eigenvalue weighted by Gasteiger charge is 2.30. The quantitative estimate of drug-likeness (QED) is 0.120. The number of pyridine rings is 1. The Hall–Kier alpha value is -4.78. The van der Waals surface area contributed by atoms with Crippen molar-refractivity contribution in [1.82, 2.24) is 4.98 Å². The number of allylic oxidation sites excluding steroid dienone is 1. The third kappa shape index (κ3) is 4.09. The van der Waals surface area contributed by atoms with Crippen molar-refractivity contribution in [2.75, 3.05) is 0 Å². The van der Waals surface area contributed by atoms with Crippen molar-refractivity contribution in [3.63, 3.8) is 0 Å². The molecule has 1 aliphatic rings. The molecule has 0 saturated carbocycles. The lowest BCUT2D eigenvalue weighted by Crippen LogP contribution is -2.25. The second-order valence-electron chi connectivity index (χ2n) is 11.5. The number of rotatable bonds is 4. The number of aromatic nitrogens is 1. The van der Waals surface area contributed by atoms with Crippen molar-refractivity contribution >= 4 is 61.7 Å². The maximum Gasteiger partial charge on any atom is 0.171 e. The van der Waals surface area contributed by atoms with Crippen LogP contribution in [0.5, 0.6) is 0 Å². The monoisotopic (exact) mass is 571 g/mol. The van der Waals surface area contributed by atoms with E-state index in [4.69, 9.17) is 4.98 Å². The third-order valence-electron chi connectivity index (χ3n) is 8.93. The minimum Gasteiger partial charge on any atom is -0.309 e. The van der Waals surface area contributed by atoms with Crippen LogP contribution < -0.4 is 15.9 Å². The normalized spacial score (nSPS) is 14.8. The van der Waals surface area contributed by atoms with E-state index in [0.29, 0.717) is 5.92 Å². The molecule has 1 aliphatic carbocycles. The van der Waals surface area contributed by atoms with Crippen molar-refractivity contribution < 1.29 is 4.57 Å². The van der Waals surface area contributed by atoms with E-state index in [1.54, 1.807) is 0 Å². The van der Waals surface area contributed by atoms with E-state index >= 15 is 4.57 Å². The molecule has 0 saturated heterocycles. The van der Waals surface area contributed by atoms with Gasteiger partial charge >= 0.3 is 0 Å². The first-order valence-electron chi connectivity index (χ1n) is 14.9. The lowest BCUT2D eigenvalue weighted by molar-refractivity contribution is 0.592. The maximum atomic E-state index is 15.3. The number of fused-ring (bicyclic) bond motifs is 6. The molecule has 6 aromatic carbocycles. The summed E-state index contributed by atoms with van der Waals surface area (Å²) >= 11 is 0. The molecule has 0 spiro atoms. The summed E-state index contributed by atoms with van der Waals surface area (Å²) in [5.41, 5.74) is 6.83. The molecule has 0 aliphatic heterocycles. The van der Waals surface area contributed by atoms with Crippen molar-refractivity contribution in [2.24, 2.45) is 0 Å². The minimum absolute atomic E-state index is 0.374. The van der Waals surface area contributed by atoms with Gasteiger partial charge in [-0.1, -0.05) is 146 Å². The molecule has 206 valence electrons. The molecule has 8 rings (SSSR count). The molecule has 2 nitrogen and oxygen atoms in total. The van der Waals surface area contributed by atoms with E-state index in [1.165, 1.54) is 16.5 Å². The van der Waals surface area contributed by atoms with Gasteiger partial charge in [-0.2, -0.15) is 0 Å². The number of hydrogen-bond donors (Lipinski definition) is 0. The second-order valence-corrected chi connectivity index (χ2v) is 14.3. The Kier molecular flexibility index (Phi) is 6.14. The van der Waals surface area contributed by atoms with Gasteiger partial charge in [0.15, 0.2) is 7.14 Å². The van der Waals surface area contributed by atoms with Gasteiger partial charge in [-0.15, -0.1) is 0 Å². The van der Waals surface area contributed by atoms with E-state index < -0.39 is 7.14 Å². The summed E-state index contributed by atoms with van der Waals surface area (Å²) in [7, 11) is -3.14. The van der Waals surface area contributed by atoms with Crippen molar-refractivity contribution in [2.45, 2.75) is 19.3 Å². The molecule has 1 aromatic heterocycles. The van der Waals surface area contributed by atoms with Crippen molar-refractivity contribution in [1.29, 1.82) is 0 Å². The molecule has 0 N–H and O–H groups in total. The van der Waals surface area contributed by atoms with Gasteiger partial charge in [-0.25, -0.2) is 4.98 Å². The van der Waals surface area contributed by atoms with Gasteiger partial charge in [0, 0.05) is 37.6 Å². The standard InChI is InChI=1S/C40H30NOP/c1-27-12-10-14-29-23-25-36-38(35-24-22-28-13-8-9-21-34(28)39(35)41-40(36)37(27)29)30-15-11-20-33(26-30)43(42,31-16-4-2-5-17-31)32-18-6-3-7-19-32/h2-11,13-27H,12H2,1H3. The summed E-state index contributed by atoms with van der Waals surface area (Å²) in [4.78, 5) is 5.43. The van der Waals surface area contributed by atoms with Crippen LogP contribution in [0, 0.1) is 0 Å². The van der Waals surface area contributed by atoms with Crippen LogP contribution in [-0.4, -0.2) is 4.98 Å². The number of nitrogens with zero attached hydrogens (tertiary/aromatic N) is 1. The van der Waals surface area contributed by atoms with Gasteiger partial charge in [0.25, 0.3) is 0 Å². The molecule has 1 unspecified atom stereocenters. The number of hydrogen-bond acceptors (Lipinski definition) is 2. The Bertz CT molecular complexity index is 2210. The fourth-order valence-electron chi connectivity index (χ4n) is 6.85. The van der Waals surface area contributed by atoms with Crippen LogP contribution >= 0.6 is 7.14 Å². The number of benzene rings is 6. The van der Waals surface area contributed by atoms with Gasteiger partial charge in [-0.05, 0) is 40.5 Å². The SMILES string of the molecule is CC1CC=Cc2ccc3c(-c4cccc(P(=O)(c5ccccc5)c5ccccc5)c4)c4ccc5ccccc5c4nc3c21. The Morgan fingerprint density at radius 2 is 1.28 bits per heavy atom. The molecule has 0 bridgehead atoms. The van der Waals surface area contributed by atoms with E-state index in [2.05, 4.69) is 85.8 Å². The molecule has 1 atom stereocenters. The first kappa shape index (κ1) is 25.9. The van der Waals surface area contributed by atoms with E-state index in [1.807, 2.05) is 66.7 Å². The summed E-state index contributed by atoms with van der Waals surface area (Å²) in [5.74, 6) is 0.374. The topological polar surface area (TPSA) is 30.0 Å². The molecule has 1 heterocycles. The average molecular weight is 572 g/mol. The molecule has 7 aromatic rings. The summed E-state index contributed by atoms with van der Waals surface area (Å²) < 4.78 is 15.3. The largest absolute Gasteiger partial charge is 0.309 e. The van der Waals surface area contributed by atoms with Crippen LogP contribution in [0.2, 0.25) is 0 Å². The van der Waals surface area contributed by atoms with Crippen LogP contribution in [0.3, 0.4) is 0 Å². The predicted molar refractivity (Wildman–Crippen MR) is 184 cm³/mol. The van der Waals surface area contributed by atoms with Crippen LogP contribution in [0.4, 0.5) is 0 Å². The summed E-state index contributed by atoms with van der Waals surface area (Å²) in [6, 6.07) is 45.6. The highest BCUT2D eigenvalue weighted by atomic mass is 31.2. The van der Waals surface area contributed by atoms with Crippen LogP contribution in [0.25, 0.3) is 49.8 Å². The first-order chi connectivity index (χ1) is 21.1. The van der Waals surface area contributed by atoms with E-state index in [9.17, 15) is 0 Å². The Morgan fingerprint density at radius 3 is 2.05 bits per heavy atom. The molecule has 43 heavy (non-hydrogen) atoms. The lowest BCUT2D eigenvalue weighted by atomic mass is 9.84. The molecule has 0 radical (unpaired) electrons. The van der Waals surface area contributed by atoms with Crippen LogP contribution in [0.1, 0.15) is 30.4 Å².